The van der Waals surface area contributed by atoms with Gasteiger partial charge in [0.25, 0.3) is 0 Å². The van der Waals surface area contributed by atoms with Gasteiger partial charge in [-0.1, -0.05) is 6.07 Å². The lowest BCUT2D eigenvalue weighted by Gasteiger charge is -2.30. The fourth-order valence-electron chi connectivity index (χ4n) is 3.02. The third-order valence-corrected chi connectivity index (χ3v) is 4.53. The first-order valence-corrected chi connectivity index (χ1v) is 8.26. The molecule has 0 unspecified atom stereocenters. The number of amides is 1. The number of likely N-dealkylation sites (tertiary alicyclic amines) is 1. The molecule has 6 nitrogen and oxygen atoms in total. The van der Waals surface area contributed by atoms with Crippen molar-refractivity contribution in [2.45, 2.75) is 32.1 Å². The number of hydrogen-bond acceptors (Lipinski definition) is 4. The van der Waals surface area contributed by atoms with Gasteiger partial charge in [0, 0.05) is 25.6 Å². The van der Waals surface area contributed by atoms with Gasteiger partial charge in [0.1, 0.15) is 11.5 Å². The van der Waals surface area contributed by atoms with E-state index in [1.54, 1.807) is 19.1 Å². The fourth-order valence-corrected chi connectivity index (χ4v) is 3.02. The minimum absolute atomic E-state index is 0.103. The Morgan fingerprint density at radius 1 is 1.21 bits per heavy atom. The zero-order chi connectivity index (χ0) is 17.5. The Bertz CT molecular complexity index is 579. The Labute approximate surface area is 142 Å². The number of carbonyl (C=O) groups is 2. The van der Waals surface area contributed by atoms with Crippen LogP contribution in [0.5, 0.6) is 11.5 Å². The first-order valence-electron chi connectivity index (χ1n) is 8.26. The van der Waals surface area contributed by atoms with Crippen LogP contribution in [0.2, 0.25) is 0 Å². The molecule has 1 heterocycles. The molecule has 1 saturated heterocycles. The molecule has 1 fully saturated rings. The van der Waals surface area contributed by atoms with Crippen molar-refractivity contribution >= 4 is 11.9 Å². The molecule has 1 amide bonds. The summed E-state index contributed by atoms with van der Waals surface area (Å²) in [4.78, 5) is 25.0. The molecule has 1 N–H and O–H groups in total. The third-order valence-electron chi connectivity index (χ3n) is 4.53. The number of carbonyl (C=O) groups excluding carboxylic acids is 1. The van der Waals surface area contributed by atoms with E-state index < -0.39 is 5.97 Å². The van der Waals surface area contributed by atoms with Crippen LogP contribution in [-0.4, -0.2) is 49.2 Å². The van der Waals surface area contributed by atoms with Gasteiger partial charge >= 0.3 is 5.97 Å². The lowest BCUT2D eigenvalue weighted by Crippen LogP contribution is -2.40. The van der Waals surface area contributed by atoms with Crippen molar-refractivity contribution in [2.24, 2.45) is 5.92 Å². The number of nitrogens with zero attached hydrogens (tertiary/aromatic N) is 1. The van der Waals surface area contributed by atoms with Gasteiger partial charge in [-0.25, -0.2) is 0 Å². The third kappa shape index (κ3) is 4.63. The number of aryl methyl sites for hydroxylation is 1. The lowest BCUT2D eigenvalue weighted by molar-refractivity contribution is -0.145. The summed E-state index contributed by atoms with van der Waals surface area (Å²) in [7, 11) is 3.23. The standard InChI is InChI=1S/C18H25NO5/c1-23-15-7-6-13(16(12-15)24-2)4-3-5-17(20)19-10-8-14(9-11-19)18(21)22/h6-7,12,14H,3-5,8-11H2,1-2H3,(H,21,22). The Balaban J connectivity index is 1.80. The molecule has 2 rings (SSSR count). The van der Waals surface area contributed by atoms with Gasteiger partial charge in [-0.2, -0.15) is 0 Å². The second-order valence-corrected chi connectivity index (χ2v) is 6.02. The van der Waals surface area contributed by atoms with Crippen molar-refractivity contribution in [1.29, 1.82) is 0 Å². The minimum Gasteiger partial charge on any atom is -0.497 e. The van der Waals surface area contributed by atoms with Crippen molar-refractivity contribution in [2.75, 3.05) is 27.3 Å². The zero-order valence-electron chi connectivity index (χ0n) is 14.3. The van der Waals surface area contributed by atoms with Crippen LogP contribution in [0.3, 0.4) is 0 Å². The van der Waals surface area contributed by atoms with Crippen molar-refractivity contribution in [3.8, 4) is 11.5 Å². The summed E-state index contributed by atoms with van der Waals surface area (Å²) in [5.74, 6) is 0.551. The zero-order valence-corrected chi connectivity index (χ0v) is 14.3. The molecule has 24 heavy (non-hydrogen) atoms. The monoisotopic (exact) mass is 335 g/mol. The van der Waals surface area contributed by atoms with Gasteiger partial charge in [0.05, 0.1) is 20.1 Å². The van der Waals surface area contributed by atoms with Crippen LogP contribution in [0.4, 0.5) is 0 Å². The summed E-state index contributed by atoms with van der Waals surface area (Å²) >= 11 is 0. The molecule has 0 aromatic heterocycles. The predicted molar refractivity (Wildman–Crippen MR) is 89.4 cm³/mol. The second-order valence-electron chi connectivity index (χ2n) is 6.02. The topological polar surface area (TPSA) is 76.1 Å². The van der Waals surface area contributed by atoms with Crippen LogP contribution < -0.4 is 9.47 Å². The van der Waals surface area contributed by atoms with E-state index in [4.69, 9.17) is 14.6 Å². The SMILES string of the molecule is COc1ccc(CCCC(=O)N2CCC(C(=O)O)CC2)c(OC)c1. The van der Waals surface area contributed by atoms with Gasteiger partial charge in [-0.15, -0.1) is 0 Å². The molecule has 132 valence electrons. The number of benzene rings is 1. The molecule has 1 aromatic rings. The maximum atomic E-state index is 12.2. The van der Waals surface area contributed by atoms with E-state index in [0.29, 0.717) is 32.4 Å². The molecule has 0 radical (unpaired) electrons. The summed E-state index contributed by atoms with van der Waals surface area (Å²) in [6.07, 6.45) is 3.05. The highest BCUT2D eigenvalue weighted by Crippen LogP contribution is 2.26. The van der Waals surface area contributed by atoms with Crippen LogP contribution in [0.25, 0.3) is 0 Å². The Morgan fingerprint density at radius 2 is 1.92 bits per heavy atom. The number of carboxylic acids is 1. The van der Waals surface area contributed by atoms with E-state index in [-0.39, 0.29) is 11.8 Å². The summed E-state index contributed by atoms with van der Waals surface area (Å²) < 4.78 is 10.5. The van der Waals surface area contributed by atoms with E-state index in [1.165, 1.54) is 0 Å². The molecule has 0 aliphatic carbocycles. The number of hydrogen-bond donors (Lipinski definition) is 1. The molecule has 0 spiro atoms. The van der Waals surface area contributed by atoms with Crippen LogP contribution in [-0.2, 0) is 16.0 Å². The molecule has 6 heteroatoms. The van der Waals surface area contributed by atoms with Crippen molar-refractivity contribution in [1.82, 2.24) is 4.90 Å². The number of rotatable bonds is 7. The Kier molecular flexibility index (Phi) is 6.46. The second kappa shape index (κ2) is 8.57. The summed E-state index contributed by atoms with van der Waals surface area (Å²) in [6.45, 7) is 1.09. The van der Waals surface area contributed by atoms with Gasteiger partial charge in [-0.3, -0.25) is 9.59 Å². The summed E-state index contributed by atoms with van der Waals surface area (Å²) in [5, 5.41) is 8.99. The number of methoxy groups -OCH3 is 2. The molecule has 1 aliphatic heterocycles. The maximum absolute atomic E-state index is 12.2. The molecule has 0 bridgehead atoms. The first-order chi connectivity index (χ1) is 11.5. The van der Waals surface area contributed by atoms with E-state index in [0.717, 1.165) is 29.9 Å². The number of carboxylic acid groups (broad SMARTS) is 1. The number of ether oxygens (including phenoxy) is 2. The van der Waals surface area contributed by atoms with E-state index >= 15 is 0 Å². The minimum atomic E-state index is -0.756. The predicted octanol–water partition coefficient (Wildman–Crippen LogP) is 2.35. The van der Waals surface area contributed by atoms with Crippen molar-refractivity contribution in [3.05, 3.63) is 23.8 Å². The van der Waals surface area contributed by atoms with E-state index in [9.17, 15) is 9.59 Å². The van der Waals surface area contributed by atoms with Gasteiger partial charge in [0.2, 0.25) is 5.91 Å². The van der Waals surface area contributed by atoms with Crippen LogP contribution in [0, 0.1) is 5.92 Å². The first kappa shape index (κ1) is 18.1. The lowest BCUT2D eigenvalue weighted by atomic mass is 9.96. The molecule has 0 saturated carbocycles. The molecule has 0 atom stereocenters. The van der Waals surface area contributed by atoms with Crippen molar-refractivity contribution in [3.63, 3.8) is 0 Å². The maximum Gasteiger partial charge on any atom is 0.306 e. The largest absolute Gasteiger partial charge is 0.497 e. The number of aliphatic carboxylic acids is 1. The van der Waals surface area contributed by atoms with Gasteiger partial charge in [-0.05, 0) is 37.3 Å². The highest BCUT2D eigenvalue weighted by atomic mass is 16.5. The highest BCUT2D eigenvalue weighted by molar-refractivity contribution is 5.77. The molecular formula is C18H25NO5. The van der Waals surface area contributed by atoms with Crippen LogP contribution in [0.1, 0.15) is 31.2 Å². The number of piperidine rings is 1. The average molecular weight is 335 g/mol. The Hall–Kier alpha value is -2.24. The normalized spacial score (nSPS) is 15.2. The van der Waals surface area contributed by atoms with E-state index in [2.05, 4.69) is 0 Å². The molecular weight excluding hydrogens is 310 g/mol. The summed E-state index contributed by atoms with van der Waals surface area (Å²) in [6, 6.07) is 5.69. The molecule has 1 aliphatic rings. The highest BCUT2D eigenvalue weighted by Gasteiger charge is 2.26. The van der Waals surface area contributed by atoms with Crippen molar-refractivity contribution < 1.29 is 24.2 Å². The smallest absolute Gasteiger partial charge is 0.306 e. The van der Waals surface area contributed by atoms with Crippen LogP contribution >= 0.6 is 0 Å². The fraction of sp³-hybridized carbons (Fsp3) is 0.556. The Morgan fingerprint density at radius 3 is 2.50 bits per heavy atom. The summed E-state index contributed by atoms with van der Waals surface area (Å²) in [5.41, 5.74) is 1.05. The quantitative estimate of drug-likeness (QED) is 0.828. The van der Waals surface area contributed by atoms with E-state index in [1.807, 2.05) is 18.2 Å². The van der Waals surface area contributed by atoms with Crippen LogP contribution in [0.15, 0.2) is 18.2 Å². The molecule has 1 aromatic carbocycles. The van der Waals surface area contributed by atoms with Gasteiger partial charge in [0.15, 0.2) is 0 Å². The van der Waals surface area contributed by atoms with Gasteiger partial charge < -0.3 is 19.5 Å². The average Bonchev–Trinajstić information content (AvgIpc) is 2.61.